The lowest BCUT2D eigenvalue weighted by atomic mass is 10.2. The van der Waals surface area contributed by atoms with Gasteiger partial charge in [0.05, 0.1) is 18.4 Å². The minimum atomic E-state index is -0.291. The molecule has 1 amide bonds. The first-order valence-electron chi connectivity index (χ1n) is 6.07. The summed E-state index contributed by atoms with van der Waals surface area (Å²) in [5.41, 5.74) is 2.68. The van der Waals surface area contributed by atoms with E-state index in [2.05, 4.69) is 17.2 Å². The SMILES string of the molecule is CCCN(Cc1occc1C(=O)NN)C1CC1. The molecule has 1 heterocycles. The lowest BCUT2D eigenvalue weighted by molar-refractivity contribution is 0.0949. The summed E-state index contributed by atoms with van der Waals surface area (Å²) in [7, 11) is 0. The van der Waals surface area contributed by atoms with Crippen molar-refractivity contribution in [1.29, 1.82) is 0 Å². The monoisotopic (exact) mass is 237 g/mol. The maximum atomic E-state index is 11.5. The number of nitrogens with one attached hydrogen (secondary N) is 1. The Balaban J connectivity index is 2.06. The predicted molar refractivity (Wildman–Crippen MR) is 64.1 cm³/mol. The smallest absolute Gasteiger partial charge is 0.268 e. The zero-order chi connectivity index (χ0) is 12.3. The van der Waals surface area contributed by atoms with Gasteiger partial charge in [-0.15, -0.1) is 0 Å². The van der Waals surface area contributed by atoms with Crippen LogP contribution in [0, 0.1) is 0 Å². The van der Waals surface area contributed by atoms with Crippen LogP contribution in [0.25, 0.3) is 0 Å². The molecule has 2 rings (SSSR count). The molecule has 94 valence electrons. The summed E-state index contributed by atoms with van der Waals surface area (Å²) in [6, 6.07) is 2.32. The van der Waals surface area contributed by atoms with Crippen LogP contribution in [0.1, 0.15) is 42.3 Å². The maximum Gasteiger partial charge on any atom is 0.268 e. The highest BCUT2D eigenvalue weighted by atomic mass is 16.3. The highest BCUT2D eigenvalue weighted by Crippen LogP contribution is 2.29. The molecular weight excluding hydrogens is 218 g/mol. The summed E-state index contributed by atoms with van der Waals surface area (Å²) in [6.45, 7) is 3.88. The van der Waals surface area contributed by atoms with E-state index in [1.165, 1.54) is 19.1 Å². The van der Waals surface area contributed by atoms with Crippen molar-refractivity contribution >= 4 is 5.91 Å². The first-order valence-corrected chi connectivity index (χ1v) is 6.07. The van der Waals surface area contributed by atoms with E-state index in [4.69, 9.17) is 10.3 Å². The van der Waals surface area contributed by atoms with Crippen molar-refractivity contribution in [1.82, 2.24) is 10.3 Å². The zero-order valence-corrected chi connectivity index (χ0v) is 10.1. The Morgan fingerprint density at radius 1 is 1.65 bits per heavy atom. The third-order valence-electron chi connectivity index (χ3n) is 3.04. The van der Waals surface area contributed by atoms with E-state index >= 15 is 0 Å². The van der Waals surface area contributed by atoms with E-state index in [1.54, 1.807) is 6.07 Å². The number of rotatable bonds is 6. The topological polar surface area (TPSA) is 71.5 Å². The van der Waals surface area contributed by atoms with Crippen LogP contribution in [0.3, 0.4) is 0 Å². The molecule has 1 aliphatic carbocycles. The van der Waals surface area contributed by atoms with Crippen LogP contribution in [0.4, 0.5) is 0 Å². The second kappa shape index (κ2) is 5.33. The summed E-state index contributed by atoms with van der Waals surface area (Å²) in [6.07, 6.45) is 5.14. The molecule has 0 unspecified atom stereocenters. The Morgan fingerprint density at radius 2 is 2.41 bits per heavy atom. The molecule has 5 nitrogen and oxygen atoms in total. The van der Waals surface area contributed by atoms with Crippen molar-refractivity contribution in [2.75, 3.05) is 6.54 Å². The lowest BCUT2D eigenvalue weighted by Crippen LogP contribution is -2.32. The Labute approximate surface area is 101 Å². The van der Waals surface area contributed by atoms with Crippen LogP contribution in [0.5, 0.6) is 0 Å². The molecule has 1 aliphatic rings. The van der Waals surface area contributed by atoms with Crippen LogP contribution in [0.15, 0.2) is 16.7 Å². The molecule has 0 aliphatic heterocycles. The van der Waals surface area contributed by atoms with Gasteiger partial charge in [0, 0.05) is 6.04 Å². The van der Waals surface area contributed by atoms with E-state index < -0.39 is 0 Å². The van der Waals surface area contributed by atoms with Gasteiger partial charge in [-0.1, -0.05) is 6.92 Å². The Bertz CT molecular complexity index is 385. The zero-order valence-electron chi connectivity index (χ0n) is 10.1. The summed E-state index contributed by atoms with van der Waals surface area (Å²) >= 11 is 0. The average molecular weight is 237 g/mol. The van der Waals surface area contributed by atoms with Crippen LogP contribution in [0.2, 0.25) is 0 Å². The van der Waals surface area contributed by atoms with Crippen molar-refractivity contribution in [2.24, 2.45) is 5.84 Å². The summed E-state index contributed by atoms with van der Waals surface area (Å²) in [4.78, 5) is 13.9. The molecule has 0 spiro atoms. The minimum absolute atomic E-state index is 0.291. The molecule has 5 heteroatoms. The number of carbonyl (C=O) groups is 1. The number of amides is 1. The average Bonchev–Trinajstić information content (AvgIpc) is 3.08. The van der Waals surface area contributed by atoms with Crippen molar-refractivity contribution in [3.05, 3.63) is 23.7 Å². The standard InChI is InChI=1S/C12H19N3O2/c1-2-6-15(9-3-4-9)8-11-10(5-7-17-11)12(16)14-13/h5,7,9H,2-4,6,8,13H2,1H3,(H,14,16). The number of carbonyl (C=O) groups excluding carboxylic acids is 1. The molecule has 1 saturated carbocycles. The Kier molecular flexibility index (Phi) is 3.81. The van der Waals surface area contributed by atoms with Crippen LogP contribution in [-0.4, -0.2) is 23.4 Å². The van der Waals surface area contributed by atoms with E-state index in [-0.39, 0.29) is 5.91 Å². The van der Waals surface area contributed by atoms with Gasteiger partial charge in [0.15, 0.2) is 0 Å². The number of nitrogens with zero attached hydrogens (tertiary/aromatic N) is 1. The molecular formula is C12H19N3O2. The highest BCUT2D eigenvalue weighted by Gasteiger charge is 2.29. The van der Waals surface area contributed by atoms with Crippen LogP contribution in [-0.2, 0) is 6.54 Å². The molecule has 3 N–H and O–H groups in total. The summed E-state index contributed by atoms with van der Waals surface area (Å²) in [5.74, 6) is 5.55. The lowest BCUT2D eigenvalue weighted by Gasteiger charge is -2.20. The number of hydrazine groups is 1. The molecule has 0 aromatic carbocycles. The summed E-state index contributed by atoms with van der Waals surface area (Å²) < 4.78 is 5.38. The molecule has 1 aromatic rings. The highest BCUT2D eigenvalue weighted by molar-refractivity contribution is 5.94. The molecule has 0 radical (unpaired) electrons. The van der Waals surface area contributed by atoms with E-state index in [0.29, 0.717) is 23.9 Å². The number of nitrogen functional groups attached to an aromatic ring is 1. The van der Waals surface area contributed by atoms with Gasteiger partial charge in [-0.3, -0.25) is 15.1 Å². The van der Waals surface area contributed by atoms with E-state index in [0.717, 1.165) is 13.0 Å². The fourth-order valence-electron chi connectivity index (χ4n) is 2.05. The quantitative estimate of drug-likeness (QED) is 0.444. The van der Waals surface area contributed by atoms with Crippen molar-refractivity contribution in [2.45, 2.75) is 38.8 Å². The fourth-order valence-corrected chi connectivity index (χ4v) is 2.05. The number of furan rings is 1. The van der Waals surface area contributed by atoms with Crippen LogP contribution >= 0.6 is 0 Å². The maximum absolute atomic E-state index is 11.5. The van der Waals surface area contributed by atoms with Gasteiger partial charge < -0.3 is 4.42 Å². The first kappa shape index (κ1) is 12.1. The van der Waals surface area contributed by atoms with E-state index in [9.17, 15) is 4.79 Å². The second-order valence-electron chi connectivity index (χ2n) is 4.43. The van der Waals surface area contributed by atoms with Crippen molar-refractivity contribution < 1.29 is 9.21 Å². The Morgan fingerprint density at radius 3 is 3.00 bits per heavy atom. The third kappa shape index (κ3) is 2.87. The van der Waals surface area contributed by atoms with Gasteiger partial charge in [0.2, 0.25) is 0 Å². The summed E-state index contributed by atoms with van der Waals surface area (Å²) in [5, 5.41) is 0. The molecule has 1 aromatic heterocycles. The molecule has 0 bridgehead atoms. The minimum Gasteiger partial charge on any atom is -0.467 e. The van der Waals surface area contributed by atoms with Crippen LogP contribution < -0.4 is 11.3 Å². The first-order chi connectivity index (χ1) is 8.26. The molecule has 0 atom stereocenters. The van der Waals surface area contributed by atoms with Crippen molar-refractivity contribution in [3.8, 4) is 0 Å². The van der Waals surface area contributed by atoms with Gasteiger partial charge in [-0.2, -0.15) is 0 Å². The Hall–Kier alpha value is -1.33. The van der Waals surface area contributed by atoms with Gasteiger partial charge in [-0.05, 0) is 31.9 Å². The molecule has 0 saturated heterocycles. The van der Waals surface area contributed by atoms with Gasteiger partial charge >= 0.3 is 0 Å². The number of nitrogens with two attached hydrogens (primary N) is 1. The predicted octanol–water partition coefficient (Wildman–Crippen LogP) is 1.26. The molecule has 1 fully saturated rings. The van der Waals surface area contributed by atoms with E-state index in [1.807, 2.05) is 0 Å². The van der Waals surface area contributed by atoms with Gasteiger partial charge in [0.25, 0.3) is 5.91 Å². The second-order valence-corrected chi connectivity index (χ2v) is 4.43. The number of hydrogen-bond donors (Lipinski definition) is 2. The van der Waals surface area contributed by atoms with Gasteiger partial charge in [-0.25, -0.2) is 5.84 Å². The third-order valence-corrected chi connectivity index (χ3v) is 3.04. The largest absolute Gasteiger partial charge is 0.467 e. The van der Waals surface area contributed by atoms with Gasteiger partial charge in [0.1, 0.15) is 5.76 Å². The number of hydrogen-bond acceptors (Lipinski definition) is 4. The van der Waals surface area contributed by atoms with Crippen molar-refractivity contribution in [3.63, 3.8) is 0 Å². The normalized spacial score (nSPS) is 15.2. The molecule has 17 heavy (non-hydrogen) atoms. The fraction of sp³-hybridized carbons (Fsp3) is 0.583.